The molecule has 0 aliphatic heterocycles. The average Bonchev–Trinajstić information content (AvgIpc) is 2.08. The summed E-state index contributed by atoms with van der Waals surface area (Å²) in [5.74, 6) is -0.129. The van der Waals surface area contributed by atoms with E-state index in [1.807, 2.05) is 20.8 Å². The Kier molecular flexibility index (Phi) is 6.01. The average molecular weight is 227 g/mol. The number of hydrogen-bond acceptors (Lipinski definition) is 3. The predicted octanol–water partition coefficient (Wildman–Crippen LogP) is 2.25. The number of carbonyl (C=O) groups is 2. The summed E-state index contributed by atoms with van der Waals surface area (Å²) in [6.07, 6.45) is 5.64. The highest BCUT2D eigenvalue weighted by atomic mass is 32.2. The Morgan fingerprint density at radius 3 is 2.33 bits per heavy atom. The molecule has 3 nitrogen and oxygen atoms in total. The summed E-state index contributed by atoms with van der Waals surface area (Å²) in [4.78, 5) is 21.9. The summed E-state index contributed by atoms with van der Waals surface area (Å²) in [5.41, 5.74) is 0. The molecule has 0 aromatic carbocycles. The van der Waals surface area contributed by atoms with Crippen LogP contribution in [0.2, 0.25) is 0 Å². The van der Waals surface area contributed by atoms with Gasteiger partial charge in [-0.3, -0.25) is 9.59 Å². The SMILES string of the molecule is CC(=O)N/C=C/C=C(/C=O)SC(C)(C)C. The van der Waals surface area contributed by atoms with Crippen LogP contribution in [0.25, 0.3) is 0 Å². The first-order chi connectivity index (χ1) is 6.85. The van der Waals surface area contributed by atoms with Gasteiger partial charge in [-0.2, -0.15) is 0 Å². The lowest BCUT2D eigenvalue weighted by Gasteiger charge is -2.16. The van der Waals surface area contributed by atoms with E-state index in [0.29, 0.717) is 4.91 Å². The molecule has 0 rings (SSSR count). The van der Waals surface area contributed by atoms with Crippen LogP contribution in [-0.4, -0.2) is 16.9 Å². The topological polar surface area (TPSA) is 46.2 Å². The summed E-state index contributed by atoms with van der Waals surface area (Å²) < 4.78 is 0.00852. The van der Waals surface area contributed by atoms with Gasteiger partial charge in [0, 0.05) is 22.8 Å². The van der Waals surface area contributed by atoms with Crippen LogP contribution >= 0.6 is 11.8 Å². The fraction of sp³-hybridized carbons (Fsp3) is 0.455. The zero-order chi connectivity index (χ0) is 11.9. The van der Waals surface area contributed by atoms with Gasteiger partial charge in [0.1, 0.15) is 0 Å². The largest absolute Gasteiger partial charge is 0.333 e. The Hall–Kier alpha value is -1.03. The van der Waals surface area contributed by atoms with Gasteiger partial charge in [-0.1, -0.05) is 20.8 Å². The van der Waals surface area contributed by atoms with Crippen molar-refractivity contribution in [1.29, 1.82) is 0 Å². The van der Waals surface area contributed by atoms with Crippen molar-refractivity contribution < 1.29 is 9.59 Å². The maximum Gasteiger partial charge on any atom is 0.220 e. The van der Waals surface area contributed by atoms with Gasteiger partial charge in [-0.15, -0.1) is 11.8 Å². The molecule has 0 spiro atoms. The fourth-order valence-electron chi connectivity index (χ4n) is 0.759. The number of rotatable bonds is 4. The Balaban J connectivity index is 4.29. The molecule has 15 heavy (non-hydrogen) atoms. The third-order valence-corrected chi connectivity index (χ3v) is 2.26. The number of carbonyl (C=O) groups excluding carboxylic acids is 2. The smallest absolute Gasteiger partial charge is 0.220 e. The van der Waals surface area contributed by atoms with E-state index in [-0.39, 0.29) is 10.7 Å². The minimum absolute atomic E-state index is 0.00852. The molecule has 0 atom stereocenters. The highest BCUT2D eigenvalue weighted by Crippen LogP contribution is 2.29. The van der Waals surface area contributed by atoms with Gasteiger partial charge in [0.25, 0.3) is 0 Å². The molecule has 1 amide bonds. The molecule has 0 aliphatic carbocycles. The van der Waals surface area contributed by atoms with E-state index in [1.54, 1.807) is 12.2 Å². The van der Waals surface area contributed by atoms with Gasteiger partial charge in [-0.25, -0.2) is 0 Å². The summed E-state index contributed by atoms with van der Waals surface area (Å²) in [7, 11) is 0. The number of aldehydes is 1. The van der Waals surface area contributed by atoms with Gasteiger partial charge in [0.05, 0.1) is 0 Å². The molecule has 0 saturated heterocycles. The van der Waals surface area contributed by atoms with Crippen LogP contribution in [0.5, 0.6) is 0 Å². The second-order valence-corrected chi connectivity index (χ2v) is 5.86. The predicted molar refractivity (Wildman–Crippen MR) is 64.4 cm³/mol. The molecule has 0 radical (unpaired) electrons. The van der Waals surface area contributed by atoms with E-state index in [1.165, 1.54) is 24.9 Å². The zero-order valence-electron chi connectivity index (χ0n) is 9.53. The van der Waals surface area contributed by atoms with E-state index in [2.05, 4.69) is 5.32 Å². The maximum absolute atomic E-state index is 10.7. The minimum Gasteiger partial charge on any atom is -0.333 e. The van der Waals surface area contributed by atoms with Gasteiger partial charge < -0.3 is 5.32 Å². The molecule has 84 valence electrons. The van der Waals surface area contributed by atoms with Crippen molar-refractivity contribution in [3.8, 4) is 0 Å². The van der Waals surface area contributed by atoms with Gasteiger partial charge >= 0.3 is 0 Å². The lowest BCUT2D eigenvalue weighted by Crippen LogP contribution is -2.11. The van der Waals surface area contributed by atoms with Crippen LogP contribution in [0.3, 0.4) is 0 Å². The van der Waals surface area contributed by atoms with Gasteiger partial charge in [0.2, 0.25) is 5.91 Å². The van der Waals surface area contributed by atoms with Gasteiger partial charge in [0.15, 0.2) is 6.29 Å². The molecular weight excluding hydrogens is 210 g/mol. The quantitative estimate of drug-likeness (QED) is 0.455. The first kappa shape index (κ1) is 14.0. The molecule has 0 unspecified atom stereocenters. The van der Waals surface area contributed by atoms with Crippen LogP contribution in [0, 0.1) is 0 Å². The molecule has 1 N–H and O–H groups in total. The lowest BCUT2D eigenvalue weighted by molar-refractivity contribution is -0.118. The lowest BCUT2D eigenvalue weighted by atomic mass is 10.3. The second-order valence-electron chi connectivity index (χ2n) is 3.96. The van der Waals surface area contributed by atoms with Crippen LogP contribution in [0.15, 0.2) is 23.3 Å². The number of amides is 1. The van der Waals surface area contributed by atoms with Crippen molar-refractivity contribution in [2.75, 3.05) is 0 Å². The third-order valence-electron chi connectivity index (χ3n) is 1.18. The highest BCUT2D eigenvalue weighted by molar-refractivity contribution is 8.05. The van der Waals surface area contributed by atoms with Crippen molar-refractivity contribution in [1.82, 2.24) is 5.32 Å². The van der Waals surface area contributed by atoms with E-state index >= 15 is 0 Å². The monoisotopic (exact) mass is 227 g/mol. The number of allylic oxidation sites excluding steroid dienone is 3. The molecule has 0 saturated carbocycles. The number of hydrogen-bond donors (Lipinski definition) is 1. The van der Waals surface area contributed by atoms with Crippen molar-refractivity contribution in [2.45, 2.75) is 32.4 Å². The van der Waals surface area contributed by atoms with Crippen LogP contribution in [-0.2, 0) is 9.59 Å². The summed E-state index contributed by atoms with van der Waals surface area (Å²) in [5, 5.41) is 2.50. The standard InChI is InChI=1S/C11H17NO2S/c1-9(14)12-7-5-6-10(8-13)15-11(2,3)4/h5-8H,1-4H3,(H,12,14)/b7-5+,10-6-. The first-order valence-electron chi connectivity index (χ1n) is 4.63. The van der Waals surface area contributed by atoms with Crippen molar-refractivity contribution in [2.24, 2.45) is 0 Å². The molecular formula is C11H17NO2S. The highest BCUT2D eigenvalue weighted by Gasteiger charge is 2.12. The zero-order valence-corrected chi connectivity index (χ0v) is 10.4. The minimum atomic E-state index is -0.129. The van der Waals surface area contributed by atoms with Crippen LogP contribution < -0.4 is 5.32 Å². The molecule has 0 aromatic rings. The Bertz CT molecular complexity index is 287. The Morgan fingerprint density at radius 2 is 1.93 bits per heavy atom. The van der Waals surface area contributed by atoms with Crippen molar-refractivity contribution >= 4 is 24.0 Å². The second kappa shape index (κ2) is 6.45. The van der Waals surface area contributed by atoms with E-state index < -0.39 is 0 Å². The third kappa shape index (κ3) is 9.28. The summed E-state index contributed by atoms with van der Waals surface area (Å²) in [6, 6.07) is 0. The summed E-state index contributed by atoms with van der Waals surface area (Å²) in [6.45, 7) is 7.53. The van der Waals surface area contributed by atoms with Crippen molar-refractivity contribution in [3.05, 3.63) is 23.3 Å². The molecule has 0 heterocycles. The Labute approximate surface area is 95.0 Å². The number of nitrogens with one attached hydrogen (secondary N) is 1. The molecule has 0 fully saturated rings. The molecule has 0 aromatic heterocycles. The Morgan fingerprint density at radius 1 is 1.33 bits per heavy atom. The van der Waals surface area contributed by atoms with E-state index in [9.17, 15) is 9.59 Å². The van der Waals surface area contributed by atoms with E-state index in [4.69, 9.17) is 0 Å². The van der Waals surface area contributed by atoms with Crippen LogP contribution in [0.4, 0.5) is 0 Å². The van der Waals surface area contributed by atoms with Crippen LogP contribution in [0.1, 0.15) is 27.7 Å². The van der Waals surface area contributed by atoms with Crippen molar-refractivity contribution in [3.63, 3.8) is 0 Å². The number of thioether (sulfide) groups is 1. The normalized spacial score (nSPS) is 12.9. The molecule has 0 aliphatic rings. The van der Waals surface area contributed by atoms with E-state index in [0.717, 1.165) is 6.29 Å². The molecule has 0 bridgehead atoms. The first-order valence-corrected chi connectivity index (χ1v) is 5.45. The summed E-state index contributed by atoms with van der Waals surface area (Å²) >= 11 is 1.49. The maximum atomic E-state index is 10.7. The fourth-order valence-corrected chi connectivity index (χ4v) is 1.66. The molecule has 4 heteroatoms. The van der Waals surface area contributed by atoms with Gasteiger partial charge in [-0.05, 0) is 12.2 Å².